The van der Waals surface area contributed by atoms with Crippen LogP contribution in [0.2, 0.25) is 0 Å². The van der Waals surface area contributed by atoms with Crippen molar-refractivity contribution >= 4 is 0 Å². The van der Waals surface area contributed by atoms with Crippen LogP contribution in [-0.2, 0) is 11.8 Å². The van der Waals surface area contributed by atoms with E-state index in [4.69, 9.17) is 28.4 Å². The second-order valence-electron chi connectivity index (χ2n) is 9.80. The lowest BCUT2D eigenvalue weighted by Gasteiger charge is -2.35. The fourth-order valence-corrected chi connectivity index (χ4v) is 5.26. The zero-order chi connectivity index (χ0) is 30.6. The van der Waals surface area contributed by atoms with Crippen molar-refractivity contribution in [3.63, 3.8) is 0 Å². The molecular weight excluding hydrogens is 528 g/mol. The van der Waals surface area contributed by atoms with Gasteiger partial charge in [0.15, 0.2) is 23.0 Å². The van der Waals surface area contributed by atoms with Crippen LogP contribution in [0.1, 0.15) is 64.5 Å². The first-order valence-electron chi connectivity index (χ1n) is 14.0. The molecule has 10 nitrogen and oxygen atoms in total. The zero-order valence-corrected chi connectivity index (χ0v) is 25.6. The summed E-state index contributed by atoms with van der Waals surface area (Å²) in [5.74, 6) is 2.61. The molecule has 3 unspecified atom stereocenters. The van der Waals surface area contributed by atoms with Crippen molar-refractivity contribution in [3.05, 3.63) is 45.5 Å². The average Bonchev–Trinajstić information content (AvgIpc) is 2.98. The molecule has 0 amide bonds. The highest BCUT2D eigenvalue weighted by molar-refractivity contribution is 5.65. The van der Waals surface area contributed by atoms with E-state index < -0.39 is 11.5 Å². The standard InChI is InChI=1S/C31H44N2O8/c1-9-21(4)31(20-32,24-19-27(40-10-2)29(38-7)30(39-8)28(24)41-11-3)16-12-13-23(33(34)35)17-22-14-15-25(36-5)26(18-22)37-6/h14-15,18-19,21,23H,9-13,16-17H2,1-8H3. The Morgan fingerprint density at radius 1 is 0.902 bits per heavy atom. The molecule has 0 aromatic heterocycles. The van der Waals surface area contributed by atoms with Crippen LogP contribution in [0.5, 0.6) is 34.5 Å². The third-order valence-electron chi connectivity index (χ3n) is 7.61. The van der Waals surface area contributed by atoms with Crippen LogP contribution in [0.25, 0.3) is 0 Å². The second kappa shape index (κ2) is 15.8. The minimum Gasteiger partial charge on any atom is -0.493 e. The Bertz CT molecular complexity index is 1200. The summed E-state index contributed by atoms with van der Waals surface area (Å²) in [7, 11) is 6.12. The van der Waals surface area contributed by atoms with E-state index in [0.29, 0.717) is 72.5 Å². The SMILES string of the molecule is CCOc1cc(C(C#N)(CCCC(Cc2ccc(OC)c(OC)c2)[N+](=O)[O-])C(C)CC)c(OCC)c(OC)c1OC. The summed E-state index contributed by atoms with van der Waals surface area (Å²) in [5, 5.41) is 22.9. The zero-order valence-electron chi connectivity index (χ0n) is 25.6. The highest BCUT2D eigenvalue weighted by Gasteiger charge is 2.42. The third-order valence-corrected chi connectivity index (χ3v) is 7.61. The molecule has 0 spiro atoms. The minimum atomic E-state index is -1.02. The lowest BCUT2D eigenvalue weighted by molar-refractivity contribution is -0.523. The van der Waals surface area contributed by atoms with E-state index in [9.17, 15) is 15.4 Å². The van der Waals surface area contributed by atoms with Crippen molar-refractivity contribution in [2.45, 2.75) is 71.3 Å². The number of methoxy groups -OCH3 is 4. The van der Waals surface area contributed by atoms with E-state index in [1.54, 1.807) is 25.3 Å². The van der Waals surface area contributed by atoms with Crippen LogP contribution in [0.15, 0.2) is 24.3 Å². The molecule has 0 radical (unpaired) electrons. The Morgan fingerprint density at radius 3 is 2.07 bits per heavy atom. The summed E-state index contributed by atoms with van der Waals surface area (Å²) in [5.41, 5.74) is 0.391. The summed E-state index contributed by atoms with van der Waals surface area (Å²) < 4.78 is 34.0. The normalized spacial score (nSPS) is 13.7. The van der Waals surface area contributed by atoms with Gasteiger partial charge in [0.2, 0.25) is 17.5 Å². The molecular formula is C31H44N2O8. The predicted molar refractivity (Wildman–Crippen MR) is 157 cm³/mol. The Kier molecular flexibility index (Phi) is 12.8. The summed E-state index contributed by atoms with van der Waals surface area (Å²) in [6, 6.07) is 8.88. The van der Waals surface area contributed by atoms with Gasteiger partial charge in [0, 0.05) is 23.3 Å². The van der Waals surface area contributed by atoms with E-state index in [-0.39, 0.29) is 23.7 Å². The first kappa shape index (κ1) is 33.3. The number of nitro groups is 1. The fourth-order valence-electron chi connectivity index (χ4n) is 5.26. The van der Waals surface area contributed by atoms with Crippen molar-refractivity contribution in [3.8, 4) is 40.6 Å². The first-order chi connectivity index (χ1) is 19.7. The Labute approximate surface area is 243 Å². The Balaban J connectivity index is 2.51. The smallest absolute Gasteiger partial charge is 0.217 e. The molecule has 0 N–H and O–H groups in total. The van der Waals surface area contributed by atoms with Crippen LogP contribution in [-0.4, -0.2) is 52.6 Å². The molecule has 0 heterocycles. The van der Waals surface area contributed by atoms with Gasteiger partial charge >= 0.3 is 0 Å². The van der Waals surface area contributed by atoms with Gasteiger partial charge in [-0.1, -0.05) is 26.3 Å². The number of nitriles is 1. The van der Waals surface area contributed by atoms with Crippen LogP contribution >= 0.6 is 0 Å². The molecule has 2 aromatic carbocycles. The van der Waals surface area contributed by atoms with E-state index in [0.717, 1.165) is 5.56 Å². The van der Waals surface area contributed by atoms with Gasteiger partial charge in [-0.15, -0.1) is 0 Å². The van der Waals surface area contributed by atoms with Gasteiger partial charge in [0.25, 0.3) is 0 Å². The molecule has 0 saturated heterocycles. The molecule has 226 valence electrons. The number of hydrogen-bond donors (Lipinski definition) is 0. The van der Waals surface area contributed by atoms with Gasteiger partial charge in [0.05, 0.1) is 53.1 Å². The van der Waals surface area contributed by atoms with Gasteiger partial charge in [-0.25, -0.2) is 0 Å². The molecule has 0 aliphatic heterocycles. The van der Waals surface area contributed by atoms with E-state index in [2.05, 4.69) is 6.07 Å². The van der Waals surface area contributed by atoms with Gasteiger partial charge in [-0.05, 0) is 56.4 Å². The molecule has 2 aromatic rings. The van der Waals surface area contributed by atoms with Crippen LogP contribution < -0.4 is 28.4 Å². The average molecular weight is 573 g/mol. The van der Waals surface area contributed by atoms with E-state index >= 15 is 0 Å². The minimum absolute atomic E-state index is 0.0980. The van der Waals surface area contributed by atoms with Crippen molar-refractivity contribution in [1.82, 2.24) is 0 Å². The maximum absolute atomic E-state index is 12.1. The molecule has 2 rings (SSSR count). The third kappa shape index (κ3) is 7.46. The molecule has 0 bridgehead atoms. The van der Waals surface area contributed by atoms with Gasteiger partial charge in [-0.2, -0.15) is 5.26 Å². The number of rotatable bonds is 18. The molecule has 0 fully saturated rings. The Hall–Kier alpha value is -3.87. The second-order valence-corrected chi connectivity index (χ2v) is 9.80. The van der Waals surface area contributed by atoms with E-state index in [1.165, 1.54) is 21.3 Å². The molecule has 41 heavy (non-hydrogen) atoms. The molecule has 0 saturated carbocycles. The number of benzene rings is 2. The maximum Gasteiger partial charge on any atom is 0.217 e. The molecule has 10 heteroatoms. The number of ether oxygens (including phenoxy) is 6. The summed E-state index contributed by atoms with van der Waals surface area (Å²) in [6.45, 7) is 8.50. The van der Waals surface area contributed by atoms with Crippen molar-refractivity contribution in [2.24, 2.45) is 5.92 Å². The van der Waals surface area contributed by atoms with Crippen LogP contribution in [0.3, 0.4) is 0 Å². The van der Waals surface area contributed by atoms with Crippen molar-refractivity contribution < 1.29 is 33.3 Å². The molecule has 3 atom stereocenters. The highest BCUT2D eigenvalue weighted by Crippen LogP contribution is 2.53. The topological polar surface area (TPSA) is 122 Å². The van der Waals surface area contributed by atoms with Gasteiger partial charge in [-0.3, -0.25) is 10.1 Å². The summed E-state index contributed by atoms with van der Waals surface area (Å²) in [4.78, 5) is 11.8. The monoisotopic (exact) mass is 572 g/mol. The maximum atomic E-state index is 12.1. The number of hydrogen-bond acceptors (Lipinski definition) is 9. The van der Waals surface area contributed by atoms with Crippen molar-refractivity contribution in [1.29, 1.82) is 5.26 Å². The largest absolute Gasteiger partial charge is 0.493 e. The van der Waals surface area contributed by atoms with Crippen LogP contribution in [0.4, 0.5) is 0 Å². The first-order valence-corrected chi connectivity index (χ1v) is 14.0. The molecule has 0 aliphatic rings. The lowest BCUT2D eigenvalue weighted by Crippen LogP contribution is -2.34. The number of nitrogens with zero attached hydrogens (tertiary/aromatic N) is 2. The highest BCUT2D eigenvalue weighted by atomic mass is 16.6. The quantitative estimate of drug-likeness (QED) is 0.148. The van der Waals surface area contributed by atoms with Crippen molar-refractivity contribution in [2.75, 3.05) is 41.7 Å². The van der Waals surface area contributed by atoms with Gasteiger partial charge in [0.1, 0.15) is 0 Å². The summed E-state index contributed by atoms with van der Waals surface area (Å²) >= 11 is 0. The van der Waals surface area contributed by atoms with Crippen LogP contribution in [0, 0.1) is 27.4 Å². The lowest BCUT2D eigenvalue weighted by atomic mass is 9.67. The molecule has 0 aliphatic carbocycles. The van der Waals surface area contributed by atoms with Gasteiger partial charge < -0.3 is 28.4 Å². The fraction of sp³-hybridized carbons (Fsp3) is 0.581. The summed E-state index contributed by atoms with van der Waals surface area (Å²) in [6.07, 6.45) is 2.06. The van der Waals surface area contributed by atoms with E-state index in [1.807, 2.05) is 33.8 Å². The Morgan fingerprint density at radius 2 is 1.56 bits per heavy atom. The predicted octanol–water partition coefficient (Wildman–Crippen LogP) is 6.38.